The number of rotatable bonds is 2. The zero-order valence-electron chi connectivity index (χ0n) is 10.6. The lowest BCUT2D eigenvalue weighted by molar-refractivity contribution is 0.0600. The fraction of sp³-hybridized carbons (Fsp3) is 0.0625. The van der Waals surface area contributed by atoms with E-state index in [0.29, 0.717) is 16.3 Å². The van der Waals surface area contributed by atoms with Gasteiger partial charge < -0.3 is 9.84 Å². The third kappa shape index (κ3) is 2.65. The first-order valence-electron chi connectivity index (χ1n) is 5.79. The maximum Gasteiger partial charge on any atom is 0.337 e. The number of esters is 1. The molecule has 0 unspecified atom stereocenters. The fourth-order valence-electron chi connectivity index (χ4n) is 1.79. The summed E-state index contributed by atoms with van der Waals surface area (Å²) in [4.78, 5) is 11.3. The zero-order chi connectivity index (χ0) is 13.8. The molecule has 2 rings (SSSR count). The minimum atomic E-state index is -0.399. The van der Waals surface area contributed by atoms with E-state index in [1.54, 1.807) is 30.3 Å². The maximum absolute atomic E-state index is 11.3. The molecule has 0 atom stereocenters. The van der Waals surface area contributed by atoms with E-state index >= 15 is 0 Å². The minimum absolute atomic E-state index is 0.141. The van der Waals surface area contributed by atoms with Crippen molar-refractivity contribution >= 4 is 18.3 Å². The molecule has 0 saturated heterocycles. The Morgan fingerprint density at radius 1 is 1.05 bits per heavy atom. The number of methoxy groups -OCH3 is 1. The van der Waals surface area contributed by atoms with E-state index in [9.17, 15) is 9.90 Å². The van der Waals surface area contributed by atoms with Crippen LogP contribution in [0.25, 0.3) is 12.3 Å². The largest absolute Gasteiger partial charge is 0.507 e. The molecule has 0 spiro atoms. The molecule has 0 bridgehead atoms. The second-order valence-corrected chi connectivity index (χ2v) is 4.07. The van der Waals surface area contributed by atoms with E-state index in [1.807, 2.05) is 18.2 Å². The molecule has 0 aliphatic rings. The van der Waals surface area contributed by atoms with Gasteiger partial charge in [0.25, 0.3) is 0 Å². The van der Waals surface area contributed by atoms with Gasteiger partial charge in [-0.2, -0.15) is 0 Å². The zero-order valence-corrected chi connectivity index (χ0v) is 10.6. The Labute approximate surface area is 111 Å². The monoisotopic (exact) mass is 254 g/mol. The van der Waals surface area contributed by atoms with Crippen LogP contribution >= 0.6 is 0 Å². The Morgan fingerprint density at radius 2 is 1.63 bits per heavy atom. The molecule has 0 aromatic heterocycles. The molecule has 0 heterocycles. The normalized spacial score (nSPS) is 11.8. The van der Waals surface area contributed by atoms with Gasteiger partial charge in [-0.05, 0) is 17.4 Å². The van der Waals surface area contributed by atoms with E-state index in [-0.39, 0.29) is 5.76 Å². The molecule has 0 amide bonds. The summed E-state index contributed by atoms with van der Waals surface area (Å²) in [6.45, 7) is 3.87. The molecule has 3 heteroatoms. The third-order valence-electron chi connectivity index (χ3n) is 2.85. The predicted octanol–water partition coefficient (Wildman–Crippen LogP) is 1.60. The molecule has 19 heavy (non-hydrogen) atoms. The van der Waals surface area contributed by atoms with Crippen molar-refractivity contribution in [2.75, 3.05) is 7.11 Å². The fourth-order valence-corrected chi connectivity index (χ4v) is 1.79. The highest BCUT2D eigenvalue weighted by atomic mass is 16.5. The lowest BCUT2D eigenvalue weighted by atomic mass is 10.1. The van der Waals surface area contributed by atoms with Crippen molar-refractivity contribution in [1.29, 1.82) is 0 Å². The highest BCUT2D eigenvalue weighted by Crippen LogP contribution is 2.10. The van der Waals surface area contributed by atoms with E-state index in [4.69, 9.17) is 0 Å². The van der Waals surface area contributed by atoms with Crippen molar-refractivity contribution < 1.29 is 14.6 Å². The van der Waals surface area contributed by atoms with Crippen LogP contribution in [0.4, 0.5) is 0 Å². The standard InChI is InChI=1S/C16H14O3/c1-11-5-3-4-6-14(11)15(17)12-7-9-13(10-8-12)16(18)19-2/h3-10,17H,1H2,2H3. The number of ether oxygens (including phenoxy) is 1. The summed E-state index contributed by atoms with van der Waals surface area (Å²) < 4.78 is 4.62. The highest BCUT2D eigenvalue weighted by molar-refractivity contribution is 5.89. The molecular weight excluding hydrogens is 240 g/mol. The van der Waals surface area contributed by atoms with Gasteiger partial charge in [0.1, 0.15) is 5.76 Å². The van der Waals surface area contributed by atoms with Crippen LogP contribution in [0.2, 0.25) is 0 Å². The maximum atomic E-state index is 11.3. The summed E-state index contributed by atoms with van der Waals surface area (Å²) in [6.07, 6.45) is 0. The lowest BCUT2D eigenvalue weighted by Crippen LogP contribution is -2.25. The smallest absolute Gasteiger partial charge is 0.337 e. The molecule has 0 fully saturated rings. The first kappa shape index (κ1) is 12.9. The quantitative estimate of drug-likeness (QED) is 0.828. The summed E-state index contributed by atoms with van der Waals surface area (Å²) >= 11 is 0. The summed E-state index contributed by atoms with van der Waals surface area (Å²) in [7, 11) is 1.33. The molecule has 3 nitrogen and oxygen atoms in total. The Kier molecular flexibility index (Phi) is 3.66. The van der Waals surface area contributed by atoms with Crippen LogP contribution in [0.3, 0.4) is 0 Å². The van der Waals surface area contributed by atoms with Crippen molar-refractivity contribution in [1.82, 2.24) is 0 Å². The van der Waals surface area contributed by atoms with Gasteiger partial charge in [-0.1, -0.05) is 43.0 Å². The third-order valence-corrected chi connectivity index (χ3v) is 2.85. The molecule has 2 aromatic rings. The van der Waals surface area contributed by atoms with Crippen molar-refractivity contribution in [2.24, 2.45) is 0 Å². The van der Waals surface area contributed by atoms with Crippen molar-refractivity contribution in [3.63, 3.8) is 0 Å². The lowest BCUT2D eigenvalue weighted by Gasteiger charge is -2.03. The Hall–Kier alpha value is -2.55. The number of carbonyl (C=O) groups excluding carboxylic acids is 1. The van der Waals surface area contributed by atoms with Crippen LogP contribution in [-0.2, 0) is 4.74 Å². The van der Waals surface area contributed by atoms with Crippen LogP contribution in [-0.4, -0.2) is 18.2 Å². The first-order valence-corrected chi connectivity index (χ1v) is 5.79. The topological polar surface area (TPSA) is 46.5 Å². The molecule has 1 N–H and O–H groups in total. The Morgan fingerprint density at radius 3 is 2.21 bits per heavy atom. The molecule has 0 radical (unpaired) electrons. The number of carbonyl (C=O) groups is 1. The summed E-state index contributed by atoms with van der Waals surface area (Å²) in [5, 5.41) is 11.6. The van der Waals surface area contributed by atoms with Crippen LogP contribution in [0.15, 0.2) is 48.5 Å². The van der Waals surface area contributed by atoms with Gasteiger partial charge in [-0.25, -0.2) is 4.79 Å². The average Bonchev–Trinajstić information content (AvgIpc) is 2.46. The summed E-state index contributed by atoms with van der Waals surface area (Å²) in [5.74, 6) is -0.259. The minimum Gasteiger partial charge on any atom is -0.507 e. The van der Waals surface area contributed by atoms with E-state index in [0.717, 1.165) is 5.22 Å². The average molecular weight is 254 g/mol. The van der Waals surface area contributed by atoms with Gasteiger partial charge in [0.15, 0.2) is 0 Å². The highest BCUT2D eigenvalue weighted by Gasteiger charge is 2.06. The van der Waals surface area contributed by atoms with E-state index in [2.05, 4.69) is 11.3 Å². The van der Waals surface area contributed by atoms with Gasteiger partial charge >= 0.3 is 5.97 Å². The van der Waals surface area contributed by atoms with E-state index < -0.39 is 5.97 Å². The van der Waals surface area contributed by atoms with Gasteiger partial charge in [0.2, 0.25) is 0 Å². The van der Waals surface area contributed by atoms with Gasteiger partial charge in [0.05, 0.1) is 12.7 Å². The molecule has 0 aliphatic carbocycles. The van der Waals surface area contributed by atoms with Crippen LogP contribution in [0.5, 0.6) is 0 Å². The van der Waals surface area contributed by atoms with Crippen LogP contribution in [0.1, 0.15) is 15.9 Å². The van der Waals surface area contributed by atoms with Crippen molar-refractivity contribution in [2.45, 2.75) is 0 Å². The summed E-state index contributed by atoms with van der Waals surface area (Å²) in [5.41, 5.74) is 1.07. The number of benzene rings is 2. The molecule has 0 saturated carbocycles. The predicted molar refractivity (Wildman–Crippen MR) is 74.1 cm³/mol. The second-order valence-electron chi connectivity index (χ2n) is 4.07. The second kappa shape index (κ2) is 5.40. The van der Waals surface area contributed by atoms with Crippen molar-refractivity contribution in [3.05, 3.63) is 70.1 Å². The van der Waals surface area contributed by atoms with Crippen LogP contribution in [0, 0.1) is 0 Å². The molecular formula is C16H14O3. The Balaban J connectivity index is 2.49. The molecule has 0 aliphatic heterocycles. The molecule has 96 valence electrons. The van der Waals surface area contributed by atoms with Crippen molar-refractivity contribution in [3.8, 4) is 0 Å². The van der Waals surface area contributed by atoms with Gasteiger partial charge in [-0.15, -0.1) is 0 Å². The number of aliphatic hydroxyl groups is 1. The van der Waals surface area contributed by atoms with Crippen LogP contribution < -0.4 is 10.4 Å². The van der Waals surface area contributed by atoms with E-state index in [1.165, 1.54) is 7.11 Å². The van der Waals surface area contributed by atoms with Gasteiger partial charge in [-0.3, -0.25) is 0 Å². The summed E-state index contributed by atoms with van der Waals surface area (Å²) in [6, 6.07) is 13.9. The SMILES string of the molecule is C=c1ccccc1=C(O)c1ccc(C(=O)OC)cc1. The Bertz CT molecular complexity index is 700. The number of aliphatic hydroxyl groups excluding tert-OH is 1. The number of hydrogen-bond donors (Lipinski definition) is 1. The number of hydrogen-bond acceptors (Lipinski definition) is 3. The molecule has 2 aromatic carbocycles. The van der Waals surface area contributed by atoms with Gasteiger partial charge in [0, 0.05) is 10.8 Å². The first-order chi connectivity index (χ1) is 9.13.